The van der Waals surface area contributed by atoms with Crippen LogP contribution in [0, 0.1) is 5.41 Å². The number of hydrogen-bond acceptors (Lipinski definition) is 5. The summed E-state index contributed by atoms with van der Waals surface area (Å²) < 4.78 is 0. The normalized spacial score (nSPS) is 15.3. The van der Waals surface area contributed by atoms with Crippen molar-refractivity contribution in [1.29, 1.82) is 0 Å². The molecule has 7 heteroatoms. The zero-order chi connectivity index (χ0) is 21.9. The van der Waals surface area contributed by atoms with Gasteiger partial charge in [-0.25, -0.2) is 9.97 Å². The number of rotatable bonds is 5. The fourth-order valence-corrected chi connectivity index (χ4v) is 4.46. The van der Waals surface area contributed by atoms with Crippen LogP contribution in [0.5, 0.6) is 0 Å². The van der Waals surface area contributed by atoms with Gasteiger partial charge < -0.3 is 15.1 Å². The number of para-hydroxylation sites is 1. The molecule has 1 fully saturated rings. The summed E-state index contributed by atoms with van der Waals surface area (Å²) in [6.45, 7) is 13.7. The highest BCUT2D eigenvalue weighted by molar-refractivity contribution is 6.28. The molecule has 0 saturated carbocycles. The van der Waals surface area contributed by atoms with Crippen LogP contribution in [0.4, 0.5) is 11.5 Å². The smallest absolute Gasteiger partial charge is 0.272 e. The Morgan fingerprint density at radius 2 is 1.67 bits per heavy atom. The first-order valence-electron chi connectivity index (χ1n) is 10.4. The molecule has 1 aliphatic heterocycles. The van der Waals surface area contributed by atoms with Crippen LogP contribution in [0.2, 0.25) is 5.28 Å². The first-order chi connectivity index (χ1) is 14.0. The van der Waals surface area contributed by atoms with Crippen molar-refractivity contribution in [3.63, 3.8) is 0 Å². The number of aromatic nitrogens is 2. The number of nitrogens with zero attached hydrogens (tertiary/aromatic N) is 4. The monoisotopic (exact) mass is 429 g/mol. The minimum Gasteiger partial charge on any atom is -0.368 e. The van der Waals surface area contributed by atoms with Gasteiger partial charge in [0.2, 0.25) is 5.28 Å². The van der Waals surface area contributed by atoms with E-state index >= 15 is 0 Å². The summed E-state index contributed by atoms with van der Waals surface area (Å²) in [5.41, 5.74) is 1.47. The topological polar surface area (TPSA) is 61.4 Å². The standard InChI is InChI=1S/C23H32ClN5O/c1-22(2,3)16-23(4,5)27-19-15-18(25-21(24)26-19)20(30)29-13-11-28(12-14-29)17-9-7-6-8-10-17/h6-10,15H,11-14,16H2,1-5H3,(H,25,26,27). The van der Waals surface area contributed by atoms with E-state index in [1.54, 1.807) is 6.07 Å². The molecule has 0 bridgehead atoms. The SMILES string of the molecule is CC(C)(C)CC(C)(C)Nc1cc(C(=O)N2CCN(c3ccccc3)CC2)nc(Cl)n1. The average molecular weight is 430 g/mol. The Kier molecular flexibility index (Phi) is 6.56. The second-order valence-corrected chi connectivity index (χ2v) is 10.1. The highest BCUT2D eigenvalue weighted by Gasteiger charge is 2.27. The van der Waals surface area contributed by atoms with E-state index in [1.807, 2.05) is 23.1 Å². The fourth-order valence-electron chi connectivity index (χ4n) is 4.28. The summed E-state index contributed by atoms with van der Waals surface area (Å²) in [7, 11) is 0. The van der Waals surface area contributed by atoms with E-state index in [4.69, 9.17) is 11.6 Å². The van der Waals surface area contributed by atoms with Crippen molar-refractivity contribution >= 4 is 29.0 Å². The van der Waals surface area contributed by atoms with E-state index in [9.17, 15) is 4.79 Å². The van der Waals surface area contributed by atoms with Crippen LogP contribution in [0.15, 0.2) is 36.4 Å². The lowest BCUT2D eigenvalue weighted by molar-refractivity contribution is 0.0740. The summed E-state index contributed by atoms with van der Waals surface area (Å²) in [4.78, 5) is 25.7. The number of carbonyl (C=O) groups is 1. The van der Waals surface area contributed by atoms with Crippen LogP contribution in [0.25, 0.3) is 0 Å². The minimum atomic E-state index is -0.197. The largest absolute Gasteiger partial charge is 0.368 e. The molecule has 1 saturated heterocycles. The van der Waals surface area contributed by atoms with E-state index in [1.165, 1.54) is 5.69 Å². The molecule has 1 aliphatic rings. The van der Waals surface area contributed by atoms with Gasteiger partial charge in [0.05, 0.1) is 0 Å². The number of hydrogen-bond donors (Lipinski definition) is 1. The van der Waals surface area contributed by atoms with Gasteiger partial charge >= 0.3 is 0 Å². The van der Waals surface area contributed by atoms with Crippen LogP contribution < -0.4 is 10.2 Å². The van der Waals surface area contributed by atoms with E-state index in [2.05, 4.69) is 66.9 Å². The Hall–Kier alpha value is -2.34. The molecule has 0 aliphatic carbocycles. The third kappa shape index (κ3) is 6.08. The molecule has 30 heavy (non-hydrogen) atoms. The van der Waals surface area contributed by atoms with Crippen molar-refractivity contribution in [3.8, 4) is 0 Å². The second-order valence-electron chi connectivity index (χ2n) is 9.77. The van der Waals surface area contributed by atoms with E-state index in [0.29, 0.717) is 24.6 Å². The highest BCUT2D eigenvalue weighted by atomic mass is 35.5. The lowest BCUT2D eigenvalue weighted by atomic mass is 9.82. The van der Waals surface area contributed by atoms with Gasteiger partial charge in [0.1, 0.15) is 11.5 Å². The van der Waals surface area contributed by atoms with Gasteiger partial charge in [-0.2, -0.15) is 0 Å². The second kappa shape index (κ2) is 8.80. The molecule has 1 amide bonds. The molecule has 1 aromatic carbocycles. The molecule has 6 nitrogen and oxygen atoms in total. The van der Waals surface area contributed by atoms with Gasteiger partial charge in [0.15, 0.2) is 0 Å². The van der Waals surface area contributed by atoms with Crippen molar-refractivity contribution in [1.82, 2.24) is 14.9 Å². The average Bonchev–Trinajstić information content (AvgIpc) is 2.65. The first-order valence-corrected chi connectivity index (χ1v) is 10.8. The number of benzene rings is 1. The van der Waals surface area contributed by atoms with Crippen molar-refractivity contribution in [2.45, 2.75) is 46.6 Å². The van der Waals surface area contributed by atoms with Crippen LogP contribution in [0.3, 0.4) is 0 Å². The number of amides is 1. The Bertz CT molecular complexity index is 871. The summed E-state index contributed by atoms with van der Waals surface area (Å²) in [5.74, 6) is 0.471. The van der Waals surface area contributed by atoms with Gasteiger partial charge in [0, 0.05) is 43.5 Å². The zero-order valence-corrected chi connectivity index (χ0v) is 19.3. The van der Waals surface area contributed by atoms with E-state index in [-0.39, 0.29) is 22.1 Å². The highest BCUT2D eigenvalue weighted by Crippen LogP contribution is 2.29. The number of piperazine rings is 1. The molecule has 0 spiro atoms. The zero-order valence-electron chi connectivity index (χ0n) is 18.6. The number of carbonyl (C=O) groups excluding carboxylic acids is 1. The molecule has 0 unspecified atom stereocenters. The van der Waals surface area contributed by atoms with Crippen molar-refractivity contribution in [2.24, 2.45) is 5.41 Å². The molecule has 1 N–H and O–H groups in total. The van der Waals surface area contributed by atoms with Crippen LogP contribution in [-0.4, -0.2) is 52.5 Å². The molecule has 1 aromatic heterocycles. The minimum absolute atomic E-state index is 0.0813. The molecular weight excluding hydrogens is 398 g/mol. The van der Waals surface area contributed by atoms with E-state index in [0.717, 1.165) is 19.5 Å². The third-order valence-electron chi connectivity index (χ3n) is 5.04. The van der Waals surface area contributed by atoms with Gasteiger partial charge in [-0.05, 0) is 49.4 Å². The van der Waals surface area contributed by atoms with Crippen molar-refractivity contribution in [2.75, 3.05) is 36.4 Å². The third-order valence-corrected chi connectivity index (χ3v) is 5.21. The molecule has 0 radical (unpaired) electrons. The summed E-state index contributed by atoms with van der Waals surface area (Å²) in [6.07, 6.45) is 0.937. The molecule has 2 heterocycles. The van der Waals surface area contributed by atoms with Gasteiger partial charge in [-0.3, -0.25) is 4.79 Å². The quantitative estimate of drug-likeness (QED) is 0.697. The van der Waals surface area contributed by atoms with Gasteiger partial charge in [-0.1, -0.05) is 39.0 Å². The van der Waals surface area contributed by atoms with Crippen LogP contribution in [0.1, 0.15) is 51.5 Å². The Morgan fingerprint density at radius 3 is 2.27 bits per heavy atom. The summed E-state index contributed by atoms with van der Waals surface area (Å²) in [6, 6.07) is 12.0. The predicted octanol–water partition coefficient (Wildman–Crippen LogP) is 4.72. The molecule has 2 aromatic rings. The van der Waals surface area contributed by atoms with Gasteiger partial charge in [0.25, 0.3) is 5.91 Å². The summed E-state index contributed by atoms with van der Waals surface area (Å²) in [5, 5.41) is 3.51. The van der Waals surface area contributed by atoms with Crippen molar-refractivity contribution in [3.05, 3.63) is 47.4 Å². The Morgan fingerprint density at radius 1 is 1.03 bits per heavy atom. The Labute approximate surface area is 184 Å². The first kappa shape index (κ1) is 22.3. The molecular formula is C23H32ClN5O. The van der Waals surface area contributed by atoms with Crippen molar-refractivity contribution < 1.29 is 4.79 Å². The Balaban J connectivity index is 1.68. The predicted molar refractivity (Wildman–Crippen MR) is 123 cm³/mol. The number of nitrogens with one attached hydrogen (secondary N) is 1. The van der Waals surface area contributed by atoms with Gasteiger partial charge in [-0.15, -0.1) is 0 Å². The molecule has 162 valence electrons. The lowest BCUT2D eigenvalue weighted by Crippen LogP contribution is -2.49. The lowest BCUT2D eigenvalue weighted by Gasteiger charge is -2.36. The van der Waals surface area contributed by atoms with Crippen LogP contribution >= 0.6 is 11.6 Å². The number of halogens is 1. The summed E-state index contributed by atoms with van der Waals surface area (Å²) >= 11 is 6.16. The maximum Gasteiger partial charge on any atom is 0.272 e. The molecule has 0 atom stereocenters. The fraction of sp³-hybridized carbons (Fsp3) is 0.522. The number of anilines is 2. The maximum atomic E-state index is 13.1. The van der Waals surface area contributed by atoms with Crippen LogP contribution in [-0.2, 0) is 0 Å². The maximum absolute atomic E-state index is 13.1. The molecule has 3 rings (SSSR count). The van der Waals surface area contributed by atoms with E-state index < -0.39 is 0 Å².